The average molecular weight is 335 g/mol. The molecular weight excluding hydrogens is 310 g/mol. The number of anilines is 1. The molecule has 0 aromatic carbocycles. The second-order valence-corrected chi connectivity index (χ2v) is 6.68. The summed E-state index contributed by atoms with van der Waals surface area (Å²) >= 11 is 0. The first-order valence-electron chi connectivity index (χ1n) is 7.53. The first-order chi connectivity index (χ1) is 11.0. The smallest absolute Gasteiger partial charge is 0.413 e. The van der Waals surface area contributed by atoms with Gasteiger partial charge in [-0.1, -0.05) is 12.2 Å². The summed E-state index contributed by atoms with van der Waals surface area (Å²) < 4.78 is 5.17. The lowest BCUT2D eigenvalue weighted by atomic mass is 10.1. The fraction of sp³-hybridized carbons (Fsp3) is 0.471. The zero-order valence-corrected chi connectivity index (χ0v) is 14.8. The van der Waals surface area contributed by atoms with Crippen LogP contribution >= 0.6 is 0 Å². The van der Waals surface area contributed by atoms with E-state index in [1.165, 1.54) is 0 Å². The van der Waals surface area contributed by atoms with Gasteiger partial charge in [-0.15, -0.1) is 0 Å². The second kappa shape index (κ2) is 7.92. The van der Waals surface area contributed by atoms with E-state index in [9.17, 15) is 14.7 Å². The number of aromatic nitrogens is 1. The molecule has 0 unspecified atom stereocenters. The summed E-state index contributed by atoms with van der Waals surface area (Å²) in [5.74, 6) is -0.608. The van der Waals surface area contributed by atoms with E-state index >= 15 is 0 Å². The van der Waals surface area contributed by atoms with Crippen LogP contribution in [-0.4, -0.2) is 45.7 Å². The van der Waals surface area contributed by atoms with Gasteiger partial charge in [0.2, 0.25) is 0 Å². The molecule has 0 saturated carbocycles. The summed E-state index contributed by atoms with van der Waals surface area (Å²) in [4.78, 5) is 28.8. The average Bonchev–Trinajstić information content (AvgIpc) is 2.35. The van der Waals surface area contributed by atoms with Crippen molar-refractivity contribution in [3.63, 3.8) is 0 Å². The monoisotopic (exact) mass is 335 g/mol. The van der Waals surface area contributed by atoms with Crippen molar-refractivity contribution >= 4 is 17.9 Å². The van der Waals surface area contributed by atoms with Gasteiger partial charge < -0.3 is 9.84 Å². The maximum absolute atomic E-state index is 11.8. The highest BCUT2D eigenvalue weighted by atomic mass is 16.6. The van der Waals surface area contributed by atoms with Crippen LogP contribution in [-0.2, 0) is 16.1 Å². The third kappa shape index (κ3) is 6.37. The molecular formula is C17H25N3O4. The maximum atomic E-state index is 11.8. The normalized spacial score (nSPS) is 12.6. The molecule has 1 atom stereocenters. The Balaban J connectivity index is 2.80. The Bertz CT molecular complexity index is 609. The van der Waals surface area contributed by atoms with E-state index in [0.717, 1.165) is 5.56 Å². The van der Waals surface area contributed by atoms with Gasteiger partial charge >= 0.3 is 12.1 Å². The molecule has 1 amide bonds. The van der Waals surface area contributed by atoms with Crippen molar-refractivity contribution in [2.75, 3.05) is 12.4 Å². The van der Waals surface area contributed by atoms with E-state index in [1.807, 2.05) is 0 Å². The number of carboxylic acid groups (broad SMARTS) is 1. The van der Waals surface area contributed by atoms with E-state index in [4.69, 9.17) is 4.74 Å². The molecule has 0 aliphatic heterocycles. The molecule has 0 radical (unpaired) electrons. The third-order valence-corrected chi connectivity index (χ3v) is 3.03. The van der Waals surface area contributed by atoms with Crippen LogP contribution in [0, 0.1) is 0 Å². The summed E-state index contributed by atoms with van der Waals surface area (Å²) in [7, 11) is 1.70. The van der Waals surface area contributed by atoms with Crippen LogP contribution < -0.4 is 5.32 Å². The van der Waals surface area contributed by atoms with Gasteiger partial charge in [-0.05, 0) is 52.4 Å². The number of hydrogen-bond donors (Lipinski definition) is 2. The second-order valence-electron chi connectivity index (χ2n) is 6.68. The predicted molar refractivity (Wildman–Crippen MR) is 91.8 cm³/mol. The van der Waals surface area contributed by atoms with Gasteiger partial charge in [0.1, 0.15) is 17.5 Å². The Labute approximate surface area is 142 Å². The summed E-state index contributed by atoms with van der Waals surface area (Å²) in [6, 6.07) is 2.66. The molecule has 0 aliphatic rings. The van der Waals surface area contributed by atoms with E-state index in [2.05, 4.69) is 16.9 Å². The topological polar surface area (TPSA) is 91.8 Å². The number of carbonyl (C=O) groups excluding carboxylic acids is 1. The van der Waals surface area contributed by atoms with Crippen molar-refractivity contribution < 1.29 is 19.4 Å². The third-order valence-electron chi connectivity index (χ3n) is 3.03. The number of nitrogens with zero attached hydrogens (tertiary/aromatic N) is 2. The highest BCUT2D eigenvalue weighted by Crippen LogP contribution is 2.15. The zero-order chi connectivity index (χ0) is 18.5. The van der Waals surface area contributed by atoms with Gasteiger partial charge in [0.15, 0.2) is 0 Å². The Morgan fingerprint density at radius 1 is 1.46 bits per heavy atom. The lowest BCUT2D eigenvalue weighted by Gasteiger charge is -2.25. The van der Waals surface area contributed by atoms with Crippen LogP contribution in [0.15, 0.2) is 30.5 Å². The number of pyridine rings is 1. The van der Waals surface area contributed by atoms with Crippen molar-refractivity contribution in [1.29, 1.82) is 0 Å². The fourth-order valence-corrected chi connectivity index (χ4v) is 2.20. The lowest BCUT2D eigenvalue weighted by molar-refractivity contribution is -0.141. The molecule has 7 nitrogen and oxygen atoms in total. The van der Waals surface area contributed by atoms with Gasteiger partial charge in [-0.25, -0.2) is 9.78 Å². The maximum Gasteiger partial charge on any atom is 0.413 e. The summed E-state index contributed by atoms with van der Waals surface area (Å²) in [5.41, 5.74) is 0.759. The molecule has 1 aromatic rings. The fourth-order valence-electron chi connectivity index (χ4n) is 2.20. The molecule has 1 rings (SSSR count). The summed E-state index contributed by atoms with van der Waals surface area (Å²) in [6.07, 6.45) is 0.956. The van der Waals surface area contributed by atoms with Crippen molar-refractivity contribution in [1.82, 2.24) is 9.88 Å². The van der Waals surface area contributed by atoms with Crippen LogP contribution in [0.3, 0.4) is 0 Å². The number of carboxylic acids is 1. The minimum atomic E-state index is -0.953. The minimum absolute atomic E-state index is 0.345. The molecule has 132 valence electrons. The van der Waals surface area contributed by atoms with E-state index in [-0.39, 0.29) is 0 Å². The SMILES string of the molecule is C=C(C)[C@@H](C(=O)O)N(C)Cc1ccnc(NC(=O)OC(C)(C)C)c1. The van der Waals surface area contributed by atoms with E-state index < -0.39 is 23.7 Å². The molecule has 0 spiro atoms. The first kappa shape index (κ1) is 19.6. The number of nitrogens with one attached hydrogen (secondary N) is 1. The van der Waals surface area contributed by atoms with Crippen molar-refractivity contribution in [2.45, 2.75) is 45.9 Å². The number of likely N-dealkylation sites (N-methyl/N-ethyl adjacent to an activating group) is 1. The number of carbonyl (C=O) groups is 2. The summed E-state index contributed by atoms with van der Waals surface area (Å²) in [6.45, 7) is 11.1. The molecule has 0 saturated heterocycles. The van der Waals surface area contributed by atoms with Crippen LogP contribution in [0.2, 0.25) is 0 Å². The number of rotatable bonds is 6. The van der Waals surface area contributed by atoms with E-state index in [0.29, 0.717) is 17.9 Å². The first-order valence-corrected chi connectivity index (χ1v) is 7.53. The molecule has 0 aliphatic carbocycles. The Morgan fingerprint density at radius 2 is 2.08 bits per heavy atom. The van der Waals surface area contributed by atoms with Crippen molar-refractivity contribution in [3.8, 4) is 0 Å². The molecule has 1 heterocycles. The summed E-state index contributed by atoms with van der Waals surface area (Å²) in [5, 5.41) is 11.8. The molecule has 2 N–H and O–H groups in total. The van der Waals surface area contributed by atoms with E-state index in [1.54, 1.807) is 58.0 Å². The van der Waals surface area contributed by atoms with Gasteiger partial charge in [-0.2, -0.15) is 0 Å². The Kier molecular flexibility index (Phi) is 6.48. The van der Waals surface area contributed by atoms with Crippen molar-refractivity contribution in [3.05, 3.63) is 36.0 Å². The Morgan fingerprint density at radius 3 is 2.58 bits per heavy atom. The van der Waals surface area contributed by atoms with Crippen LogP contribution in [0.1, 0.15) is 33.3 Å². The number of ether oxygens (including phenoxy) is 1. The van der Waals surface area contributed by atoms with Gasteiger partial charge in [0, 0.05) is 12.7 Å². The van der Waals surface area contributed by atoms with Gasteiger partial charge in [0.25, 0.3) is 0 Å². The Hall–Kier alpha value is -2.41. The molecule has 0 bridgehead atoms. The highest BCUT2D eigenvalue weighted by molar-refractivity contribution is 5.83. The largest absolute Gasteiger partial charge is 0.480 e. The van der Waals surface area contributed by atoms with Gasteiger partial charge in [0.05, 0.1) is 0 Å². The molecule has 1 aromatic heterocycles. The van der Waals surface area contributed by atoms with Gasteiger partial charge in [-0.3, -0.25) is 15.0 Å². The standard InChI is InChI=1S/C17H25N3O4/c1-11(2)14(15(21)22)20(6)10-12-7-8-18-13(9-12)19-16(23)24-17(3,4)5/h7-9,14H,1,10H2,2-6H3,(H,21,22)(H,18,19,23)/t14-/m0/s1. The van der Waals surface area contributed by atoms with Crippen LogP contribution in [0.25, 0.3) is 0 Å². The number of amides is 1. The number of aliphatic carboxylic acids is 1. The lowest BCUT2D eigenvalue weighted by Crippen LogP contribution is -2.38. The highest BCUT2D eigenvalue weighted by Gasteiger charge is 2.23. The quantitative estimate of drug-likeness (QED) is 0.777. The van der Waals surface area contributed by atoms with Crippen molar-refractivity contribution in [2.24, 2.45) is 0 Å². The molecule has 0 fully saturated rings. The number of hydrogen-bond acceptors (Lipinski definition) is 5. The molecule has 7 heteroatoms. The predicted octanol–water partition coefficient (Wildman–Crippen LogP) is 2.89. The van der Waals surface area contributed by atoms with Crippen LogP contribution in [0.5, 0.6) is 0 Å². The minimum Gasteiger partial charge on any atom is -0.480 e. The molecule has 24 heavy (non-hydrogen) atoms. The van der Waals surface area contributed by atoms with Crippen LogP contribution in [0.4, 0.5) is 10.6 Å². The zero-order valence-electron chi connectivity index (χ0n) is 14.8.